The molecule has 0 saturated carbocycles. The minimum Gasteiger partial charge on any atom is -0.507 e. The lowest BCUT2D eigenvalue weighted by Gasteiger charge is -1.96. The average molecular weight is 153 g/mol. The second-order valence-electron chi connectivity index (χ2n) is 1.78. The summed E-state index contributed by atoms with van der Waals surface area (Å²) in [6, 6.07) is 4.77. The van der Waals surface area contributed by atoms with Crippen molar-refractivity contribution in [3.05, 3.63) is 28.8 Å². The molecule has 0 aliphatic carbocycles. The summed E-state index contributed by atoms with van der Waals surface area (Å²) in [4.78, 5) is 0. The first-order valence-corrected chi connectivity index (χ1v) is 3.07. The summed E-state index contributed by atoms with van der Waals surface area (Å²) < 4.78 is 0. The molecule has 0 heterocycles. The van der Waals surface area contributed by atoms with E-state index in [0.717, 1.165) is 0 Å². The second-order valence-corrected chi connectivity index (χ2v) is 2.19. The third-order valence-corrected chi connectivity index (χ3v) is 1.45. The van der Waals surface area contributed by atoms with Crippen LogP contribution in [-0.2, 0) is 0 Å². The molecule has 1 aromatic rings. The predicted octanol–water partition coefficient (Wildman–Crippen LogP) is 2.03. The van der Waals surface area contributed by atoms with Crippen LogP contribution in [0.5, 0.6) is 5.75 Å². The van der Waals surface area contributed by atoms with Gasteiger partial charge in [-0.25, -0.2) is 0 Å². The van der Waals surface area contributed by atoms with E-state index in [0.29, 0.717) is 10.6 Å². The number of aromatic hydroxyl groups is 1. The van der Waals surface area contributed by atoms with Crippen molar-refractivity contribution in [3.63, 3.8) is 0 Å². The Labute approximate surface area is 64.3 Å². The summed E-state index contributed by atoms with van der Waals surface area (Å²) in [7, 11) is 0. The highest BCUT2D eigenvalue weighted by atomic mass is 35.5. The molecule has 0 aromatic heterocycles. The third-order valence-electron chi connectivity index (χ3n) is 1.14. The molecule has 10 heavy (non-hydrogen) atoms. The first-order valence-electron chi connectivity index (χ1n) is 2.70. The van der Waals surface area contributed by atoms with Crippen LogP contribution in [0.1, 0.15) is 5.56 Å². The smallest absolute Gasteiger partial charge is 0.132 e. The highest BCUT2D eigenvalue weighted by Gasteiger charge is 2.00. The lowest BCUT2D eigenvalue weighted by Crippen LogP contribution is -1.76. The molecule has 1 aromatic carbocycles. The fourth-order valence-corrected chi connectivity index (χ4v) is 0.880. The zero-order valence-electron chi connectivity index (χ0n) is 5.13. The lowest BCUT2D eigenvalue weighted by molar-refractivity contribution is 0.474. The van der Waals surface area contributed by atoms with E-state index in [9.17, 15) is 0 Å². The second kappa shape index (κ2) is 2.64. The van der Waals surface area contributed by atoms with Crippen molar-refractivity contribution < 1.29 is 5.11 Å². The summed E-state index contributed by atoms with van der Waals surface area (Å²) in [6.07, 6.45) is 5.06. The van der Waals surface area contributed by atoms with Gasteiger partial charge in [0.05, 0.1) is 10.6 Å². The van der Waals surface area contributed by atoms with Crippen LogP contribution in [0.3, 0.4) is 0 Å². The predicted molar refractivity (Wildman–Crippen MR) is 41.1 cm³/mol. The Hall–Kier alpha value is -1.13. The quantitative estimate of drug-likeness (QED) is 0.564. The van der Waals surface area contributed by atoms with Gasteiger partial charge < -0.3 is 5.11 Å². The Balaban J connectivity index is 3.34. The van der Waals surface area contributed by atoms with Crippen molar-refractivity contribution in [2.75, 3.05) is 0 Å². The monoisotopic (exact) mass is 152 g/mol. The van der Waals surface area contributed by atoms with Gasteiger partial charge in [-0.1, -0.05) is 23.6 Å². The number of phenols is 1. The van der Waals surface area contributed by atoms with Gasteiger partial charge in [0, 0.05) is 0 Å². The Morgan fingerprint density at radius 1 is 1.50 bits per heavy atom. The normalized spacial score (nSPS) is 8.80. The Morgan fingerprint density at radius 3 is 2.60 bits per heavy atom. The topological polar surface area (TPSA) is 20.2 Å². The molecule has 0 spiro atoms. The third kappa shape index (κ3) is 1.07. The molecule has 2 heteroatoms. The summed E-state index contributed by atoms with van der Waals surface area (Å²) in [5.74, 6) is 2.33. The molecule has 1 N–H and O–H groups in total. The number of benzene rings is 1. The maximum Gasteiger partial charge on any atom is 0.132 e. The number of hydrogen-bond acceptors (Lipinski definition) is 1. The van der Waals surface area contributed by atoms with Crippen LogP contribution < -0.4 is 0 Å². The van der Waals surface area contributed by atoms with Gasteiger partial charge in [0.2, 0.25) is 0 Å². The molecular weight excluding hydrogens is 148 g/mol. The maximum atomic E-state index is 9.06. The number of halogens is 1. The maximum absolute atomic E-state index is 9.06. The van der Waals surface area contributed by atoms with E-state index in [1.807, 2.05) is 0 Å². The van der Waals surface area contributed by atoms with E-state index in [1.165, 1.54) is 6.07 Å². The standard InChI is InChI=1S/C8H5ClO/c1-2-6-7(9)4-3-5-8(6)10/h1,3-5,10H. The minimum atomic E-state index is 0.0509. The van der Waals surface area contributed by atoms with E-state index in [1.54, 1.807) is 12.1 Å². The van der Waals surface area contributed by atoms with E-state index >= 15 is 0 Å². The van der Waals surface area contributed by atoms with E-state index in [-0.39, 0.29) is 5.75 Å². The van der Waals surface area contributed by atoms with Crippen LogP contribution in [0.2, 0.25) is 5.02 Å². The van der Waals surface area contributed by atoms with Crippen LogP contribution in [-0.4, -0.2) is 5.11 Å². The first-order chi connectivity index (χ1) is 4.75. The lowest BCUT2D eigenvalue weighted by atomic mass is 10.2. The zero-order valence-corrected chi connectivity index (χ0v) is 5.89. The molecule has 1 rings (SSSR count). The summed E-state index contributed by atoms with van der Waals surface area (Å²) in [5.41, 5.74) is 0.351. The van der Waals surface area contributed by atoms with Crippen LogP contribution in [0, 0.1) is 12.3 Å². The van der Waals surface area contributed by atoms with Crippen molar-refractivity contribution in [2.24, 2.45) is 0 Å². The van der Waals surface area contributed by atoms with Crippen LogP contribution in [0.25, 0.3) is 0 Å². The molecule has 0 atom stereocenters. The Kier molecular flexibility index (Phi) is 1.84. The van der Waals surface area contributed by atoms with Gasteiger partial charge in [0.25, 0.3) is 0 Å². The Morgan fingerprint density at radius 2 is 2.20 bits per heavy atom. The molecule has 0 aliphatic heterocycles. The number of rotatable bonds is 0. The van der Waals surface area contributed by atoms with Crippen LogP contribution in [0.15, 0.2) is 18.2 Å². The largest absolute Gasteiger partial charge is 0.507 e. The average Bonchev–Trinajstić information content (AvgIpc) is 1.88. The number of terminal acetylenes is 1. The first kappa shape index (κ1) is 6.98. The molecule has 0 bridgehead atoms. The molecule has 1 nitrogen and oxygen atoms in total. The summed E-state index contributed by atoms with van der Waals surface area (Å²) >= 11 is 5.63. The van der Waals surface area contributed by atoms with Crippen molar-refractivity contribution >= 4 is 11.6 Å². The van der Waals surface area contributed by atoms with Gasteiger partial charge >= 0.3 is 0 Å². The van der Waals surface area contributed by atoms with Gasteiger partial charge in [-0.3, -0.25) is 0 Å². The van der Waals surface area contributed by atoms with E-state index in [2.05, 4.69) is 5.92 Å². The van der Waals surface area contributed by atoms with Gasteiger partial charge in [-0.2, -0.15) is 0 Å². The minimum absolute atomic E-state index is 0.0509. The fourth-order valence-electron chi connectivity index (χ4n) is 0.656. The summed E-state index contributed by atoms with van der Waals surface area (Å²) in [6.45, 7) is 0. The molecule has 50 valence electrons. The SMILES string of the molecule is C#Cc1c(O)cccc1Cl. The molecular formula is C8H5ClO. The van der Waals surface area contributed by atoms with Crippen molar-refractivity contribution in [2.45, 2.75) is 0 Å². The van der Waals surface area contributed by atoms with Crippen LogP contribution in [0.4, 0.5) is 0 Å². The zero-order chi connectivity index (χ0) is 7.56. The number of phenolic OH excluding ortho intramolecular Hbond substituents is 1. The highest BCUT2D eigenvalue weighted by molar-refractivity contribution is 6.31. The van der Waals surface area contributed by atoms with E-state index < -0.39 is 0 Å². The molecule has 0 fully saturated rings. The van der Waals surface area contributed by atoms with Gasteiger partial charge in [-0.15, -0.1) is 6.42 Å². The molecule has 0 amide bonds. The molecule has 0 aliphatic rings. The van der Waals surface area contributed by atoms with Gasteiger partial charge in [-0.05, 0) is 12.1 Å². The Bertz CT molecular complexity index is 266. The van der Waals surface area contributed by atoms with Crippen LogP contribution >= 0.6 is 11.6 Å². The summed E-state index contributed by atoms with van der Waals surface area (Å²) in [5, 5.41) is 9.47. The van der Waals surface area contributed by atoms with Crippen molar-refractivity contribution in [1.29, 1.82) is 0 Å². The van der Waals surface area contributed by atoms with Crippen molar-refractivity contribution in [1.82, 2.24) is 0 Å². The van der Waals surface area contributed by atoms with Crippen molar-refractivity contribution in [3.8, 4) is 18.1 Å². The highest BCUT2D eigenvalue weighted by Crippen LogP contribution is 2.23. The molecule has 0 saturated heterocycles. The molecule has 0 unspecified atom stereocenters. The molecule has 0 radical (unpaired) electrons. The fraction of sp³-hybridized carbons (Fsp3) is 0. The number of hydrogen-bond donors (Lipinski definition) is 1. The van der Waals surface area contributed by atoms with E-state index in [4.69, 9.17) is 23.1 Å². The van der Waals surface area contributed by atoms with Gasteiger partial charge in [0.1, 0.15) is 5.75 Å². The van der Waals surface area contributed by atoms with Gasteiger partial charge in [0.15, 0.2) is 0 Å².